The summed E-state index contributed by atoms with van der Waals surface area (Å²) in [5.74, 6) is 0. The van der Waals surface area contributed by atoms with Gasteiger partial charge in [-0.05, 0) is 25.6 Å². The van der Waals surface area contributed by atoms with Gasteiger partial charge in [-0.15, -0.1) is 0 Å². The molecule has 0 aromatic carbocycles. The van der Waals surface area contributed by atoms with Gasteiger partial charge in [-0.25, -0.2) is 4.98 Å². The Morgan fingerprint density at radius 2 is 2.00 bits per heavy atom. The molecule has 0 bridgehead atoms. The molecule has 0 saturated heterocycles. The Kier molecular flexibility index (Phi) is 6.06. The van der Waals surface area contributed by atoms with E-state index in [9.17, 15) is 13.2 Å². The summed E-state index contributed by atoms with van der Waals surface area (Å²) >= 11 is 0. The lowest BCUT2D eigenvalue weighted by atomic mass is 10.2. The molecule has 20 heavy (non-hydrogen) atoms. The Bertz CT molecular complexity index is 421. The predicted octanol–water partition coefficient (Wildman–Crippen LogP) is 2.83. The van der Waals surface area contributed by atoms with E-state index in [2.05, 4.69) is 29.0 Å². The van der Waals surface area contributed by atoms with E-state index in [1.807, 2.05) is 0 Å². The van der Waals surface area contributed by atoms with Crippen LogP contribution in [0.1, 0.15) is 26.0 Å². The van der Waals surface area contributed by atoms with Gasteiger partial charge in [0.05, 0.1) is 17.6 Å². The van der Waals surface area contributed by atoms with E-state index in [4.69, 9.17) is 5.73 Å². The molecule has 0 aliphatic heterocycles. The highest BCUT2D eigenvalue weighted by molar-refractivity contribution is 5.65. The largest absolute Gasteiger partial charge is 0.433 e. The Labute approximate surface area is 117 Å². The van der Waals surface area contributed by atoms with Crippen LogP contribution >= 0.6 is 0 Å². The molecule has 0 aliphatic carbocycles. The zero-order chi connectivity index (χ0) is 15.2. The fraction of sp³-hybridized carbons (Fsp3) is 0.615. The van der Waals surface area contributed by atoms with Crippen molar-refractivity contribution in [2.24, 2.45) is 0 Å². The number of hydrogen-bond acceptors (Lipinski definition) is 4. The van der Waals surface area contributed by atoms with Crippen molar-refractivity contribution in [2.75, 3.05) is 37.2 Å². The number of alkyl halides is 3. The van der Waals surface area contributed by atoms with Crippen LogP contribution in [0.5, 0.6) is 0 Å². The monoisotopic (exact) mass is 290 g/mol. The summed E-state index contributed by atoms with van der Waals surface area (Å²) in [6.07, 6.45) is -2.37. The average Bonchev–Trinajstić information content (AvgIpc) is 2.38. The third-order valence-electron chi connectivity index (χ3n) is 2.96. The maximum Gasteiger partial charge on any atom is 0.433 e. The van der Waals surface area contributed by atoms with Crippen LogP contribution in [0.2, 0.25) is 0 Å². The van der Waals surface area contributed by atoms with Gasteiger partial charge >= 0.3 is 6.18 Å². The summed E-state index contributed by atoms with van der Waals surface area (Å²) in [5.41, 5.74) is 5.20. The van der Waals surface area contributed by atoms with Gasteiger partial charge in [-0.3, -0.25) is 0 Å². The molecular weight excluding hydrogens is 269 g/mol. The lowest BCUT2D eigenvalue weighted by molar-refractivity contribution is -0.141. The third-order valence-corrected chi connectivity index (χ3v) is 2.96. The number of halogens is 3. The molecule has 3 N–H and O–H groups in total. The normalized spacial score (nSPS) is 11.9. The SMILES string of the molecule is CCCN(CC)CCNc1cc(C(F)(F)F)ncc1N. The van der Waals surface area contributed by atoms with Crippen LogP contribution < -0.4 is 11.1 Å². The minimum atomic E-state index is -4.46. The Morgan fingerprint density at radius 3 is 2.55 bits per heavy atom. The number of nitrogens with zero attached hydrogens (tertiary/aromatic N) is 2. The zero-order valence-corrected chi connectivity index (χ0v) is 11.8. The van der Waals surface area contributed by atoms with Crippen LogP contribution in [0, 0.1) is 0 Å². The predicted molar refractivity (Wildman–Crippen MR) is 74.5 cm³/mol. The van der Waals surface area contributed by atoms with Crippen molar-refractivity contribution in [1.82, 2.24) is 9.88 Å². The first-order chi connectivity index (χ1) is 9.38. The summed E-state index contributed by atoms with van der Waals surface area (Å²) < 4.78 is 37.7. The smallest absolute Gasteiger partial charge is 0.396 e. The van der Waals surface area contributed by atoms with Crippen LogP contribution in [0.25, 0.3) is 0 Å². The van der Waals surface area contributed by atoms with Gasteiger partial charge in [0.25, 0.3) is 0 Å². The van der Waals surface area contributed by atoms with Crippen molar-refractivity contribution in [3.05, 3.63) is 18.0 Å². The van der Waals surface area contributed by atoms with E-state index in [1.54, 1.807) is 0 Å². The molecule has 0 amide bonds. The second kappa shape index (κ2) is 7.33. The molecule has 4 nitrogen and oxygen atoms in total. The first-order valence-electron chi connectivity index (χ1n) is 6.67. The van der Waals surface area contributed by atoms with Gasteiger partial charge in [0.2, 0.25) is 0 Å². The molecule has 0 fully saturated rings. The molecule has 1 aromatic rings. The van der Waals surface area contributed by atoms with Gasteiger partial charge in [-0.1, -0.05) is 13.8 Å². The molecular formula is C13H21F3N4. The molecule has 1 heterocycles. The van der Waals surface area contributed by atoms with Crippen LogP contribution in [-0.4, -0.2) is 36.1 Å². The van der Waals surface area contributed by atoms with E-state index in [0.29, 0.717) is 6.54 Å². The first kappa shape index (κ1) is 16.6. The van der Waals surface area contributed by atoms with Gasteiger partial charge in [0.1, 0.15) is 5.69 Å². The number of likely N-dealkylation sites (N-methyl/N-ethyl adjacent to an activating group) is 1. The van der Waals surface area contributed by atoms with Crippen molar-refractivity contribution < 1.29 is 13.2 Å². The third kappa shape index (κ3) is 4.88. The van der Waals surface area contributed by atoms with Crippen LogP contribution in [-0.2, 0) is 6.18 Å². The van der Waals surface area contributed by atoms with Gasteiger partial charge < -0.3 is 16.0 Å². The highest BCUT2D eigenvalue weighted by Gasteiger charge is 2.32. The Hall–Kier alpha value is -1.50. The molecule has 1 aromatic heterocycles. The summed E-state index contributed by atoms with van der Waals surface area (Å²) in [6, 6.07) is 0.950. The molecule has 1 rings (SSSR count). The van der Waals surface area contributed by atoms with Crippen molar-refractivity contribution in [3.8, 4) is 0 Å². The maximum atomic E-state index is 12.6. The zero-order valence-electron chi connectivity index (χ0n) is 11.8. The standard InChI is InChI=1S/C13H21F3N4/c1-3-6-20(4-2)7-5-18-11-8-12(13(14,15)16)19-9-10(11)17/h8-9H,3-7,17H2,1-2H3,(H,18,19). The number of aromatic nitrogens is 1. The quantitative estimate of drug-likeness (QED) is 0.811. The number of pyridine rings is 1. The number of nitrogen functional groups attached to an aromatic ring is 1. The van der Waals surface area contributed by atoms with E-state index in [-0.39, 0.29) is 11.4 Å². The number of rotatable bonds is 7. The second-order valence-corrected chi connectivity index (χ2v) is 4.52. The summed E-state index contributed by atoms with van der Waals surface area (Å²) in [7, 11) is 0. The maximum absolute atomic E-state index is 12.6. The molecule has 0 atom stereocenters. The van der Waals surface area contributed by atoms with Crippen molar-refractivity contribution >= 4 is 11.4 Å². The van der Waals surface area contributed by atoms with E-state index < -0.39 is 11.9 Å². The van der Waals surface area contributed by atoms with E-state index >= 15 is 0 Å². The molecule has 0 unspecified atom stereocenters. The average molecular weight is 290 g/mol. The molecule has 0 aliphatic rings. The fourth-order valence-corrected chi connectivity index (χ4v) is 1.87. The van der Waals surface area contributed by atoms with Crippen LogP contribution in [0.15, 0.2) is 12.3 Å². The van der Waals surface area contributed by atoms with E-state index in [1.165, 1.54) is 0 Å². The highest BCUT2D eigenvalue weighted by Crippen LogP contribution is 2.30. The van der Waals surface area contributed by atoms with Crippen molar-refractivity contribution in [3.63, 3.8) is 0 Å². The molecule has 0 spiro atoms. The van der Waals surface area contributed by atoms with Crippen molar-refractivity contribution in [2.45, 2.75) is 26.4 Å². The number of nitrogens with two attached hydrogens (primary N) is 1. The van der Waals surface area contributed by atoms with Gasteiger partial charge in [0, 0.05) is 13.1 Å². The molecule has 0 radical (unpaired) electrons. The fourth-order valence-electron chi connectivity index (χ4n) is 1.87. The molecule has 7 heteroatoms. The summed E-state index contributed by atoms with van der Waals surface area (Å²) in [4.78, 5) is 5.52. The summed E-state index contributed by atoms with van der Waals surface area (Å²) in [6.45, 7) is 7.32. The second-order valence-electron chi connectivity index (χ2n) is 4.52. The molecule has 114 valence electrons. The van der Waals surface area contributed by atoms with Crippen molar-refractivity contribution in [1.29, 1.82) is 0 Å². The topological polar surface area (TPSA) is 54.2 Å². The Balaban J connectivity index is 2.63. The number of nitrogens with one attached hydrogen (secondary N) is 1. The van der Waals surface area contributed by atoms with Crippen LogP contribution in [0.4, 0.5) is 24.5 Å². The van der Waals surface area contributed by atoms with Gasteiger partial charge in [0.15, 0.2) is 0 Å². The minimum absolute atomic E-state index is 0.219. The lowest BCUT2D eigenvalue weighted by Crippen LogP contribution is -2.29. The van der Waals surface area contributed by atoms with Gasteiger partial charge in [-0.2, -0.15) is 13.2 Å². The Morgan fingerprint density at radius 1 is 1.30 bits per heavy atom. The van der Waals surface area contributed by atoms with E-state index in [0.717, 1.165) is 38.3 Å². The van der Waals surface area contributed by atoms with Crippen LogP contribution in [0.3, 0.4) is 0 Å². The first-order valence-corrected chi connectivity index (χ1v) is 6.67. The molecule has 0 saturated carbocycles. The number of anilines is 2. The summed E-state index contributed by atoms with van der Waals surface area (Å²) in [5, 5.41) is 2.94. The highest BCUT2D eigenvalue weighted by atomic mass is 19.4. The lowest BCUT2D eigenvalue weighted by Gasteiger charge is -2.20. The minimum Gasteiger partial charge on any atom is -0.396 e. The number of hydrogen-bond donors (Lipinski definition) is 2.